The summed E-state index contributed by atoms with van der Waals surface area (Å²) in [5.41, 5.74) is 8.92. The minimum atomic E-state index is 0.914. The van der Waals surface area contributed by atoms with Crippen molar-refractivity contribution in [2.75, 3.05) is 5.73 Å². The molecule has 0 atom stereocenters. The average Bonchev–Trinajstić information content (AvgIpc) is 2.02. The molecule has 0 fully saturated rings. The van der Waals surface area contributed by atoms with Crippen LogP contribution in [0.2, 0.25) is 0 Å². The van der Waals surface area contributed by atoms with Gasteiger partial charge in [0.1, 0.15) is 0 Å². The molecule has 0 spiro atoms. The summed E-state index contributed by atoms with van der Waals surface area (Å²) in [6, 6.07) is 6.05. The van der Waals surface area contributed by atoms with Crippen molar-refractivity contribution >= 4 is 34.1 Å². The topological polar surface area (TPSA) is 26.0 Å². The van der Waals surface area contributed by atoms with Gasteiger partial charge in [-0.25, -0.2) is 0 Å². The SMILES string of the molecule is Cc1cccc(C)c1N.[Br][Ni][Br]. The molecule has 1 rings (SSSR count). The van der Waals surface area contributed by atoms with Crippen LogP contribution < -0.4 is 5.73 Å². The first kappa shape index (κ1) is 12.5. The van der Waals surface area contributed by atoms with Crippen LogP contribution >= 0.6 is 28.5 Å². The quantitative estimate of drug-likeness (QED) is 0.567. The zero-order valence-corrected chi connectivity index (χ0v) is 11.0. The summed E-state index contributed by atoms with van der Waals surface area (Å²) in [4.78, 5) is 0. The summed E-state index contributed by atoms with van der Waals surface area (Å²) in [6.07, 6.45) is 0. The summed E-state index contributed by atoms with van der Waals surface area (Å²) in [5, 5.41) is 0. The van der Waals surface area contributed by atoms with Crippen molar-refractivity contribution in [3.05, 3.63) is 29.3 Å². The van der Waals surface area contributed by atoms with Gasteiger partial charge < -0.3 is 5.73 Å². The Bertz CT molecular complexity index is 220. The third-order valence-electron chi connectivity index (χ3n) is 1.54. The zero-order chi connectivity index (χ0) is 9.56. The molecule has 1 aromatic rings. The van der Waals surface area contributed by atoms with E-state index in [2.05, 4.69) is 28.5 Å². The van der Waals surface area contributed by atoms with Crippen LogP contribution in [0.5, 0.6) is 0 Å². The van der Waals surface area contributed by atoms with Gasteiger partial charge in [0.2, 0.25) is 0 Å². The Morgan fingerprint density at radius 1 is 1.17 bits per heavy atom. The zero-order valence-electron chi connectivity index (χ0n) is 6.88. The molecule has 0 amide bonds. The summed E-state index contributed by atoms with van der Waals surface area (Å²) in [7, 11) is 1.25. The van der Waals surface area contributed by atoms with E-state index in [0.29, 0.717) is 0 Å². The van der Waals surface area contributed by atoms with Crippen molar-refractivity contribution in [1.82, 2.24) is 0 Å². The molecule has 0 aliphatic heterocycles. The van der Waals surface area contributed by atoms with E-state index in [1.165, 1.54) is 10.9 Å². The molecule has 0 aliphatic rings. The molecular weight excluding hydrogens is 329 g/mol. The van der Waals surface area contributed by atoms with E-state index in [1.54, 1.807) is 0 Å². The number of benzene rings is 1. The van der Waals surface area contributed by atoms with Crippen molar-refractivity contribution in [3.8, 4) is 0 Å². The van der Waals surface area contributed by atoms with Gasteiger partial charge in [0.25, 0.3) is 0 Å². The fraction of sp³-hybridized carbons (Fsp3) is 0.250. The summed E-state index contributed by atoms with van der Waals surface area (Å²) in [5.74, 6) is 0. The van der Waals surface area contributed by atoms with E-state index in [4.69, 9.17) is 5.73 Å². The van der Waals surface area contributed by atoms with Gasteiger partial charge in [-0.05, 0) is 25.0 Å². The molecule has 1 aromatic carbocycles. The number of para-hydroxylation sites is 1. The summed E-state index contributed by atoms with van der Waals surface area (Å²) >= 11 is 6.00. The van der Waals surface area contributed by atoms with E-state index in [-0.39, 0.29) is 0 Å². The third-order valence-corrected chi connectivity index (χ3v) is 1.54. The first-order valence-electron chi connectivity index (χ1n) is 3.27. The first-order chi connectivity index (χ1) is 5.63. The molecule has 0 bridgehead atoms. The van der Waals surface area contributed by atoms with Crippen molar-refractivity contribution < 1.29 is 10.9 Å². The Hall–Kier alpha value is 0.474. The van der Waals surface area contributed by atoms with E-state index in [0.717, 1.165) is 16.8 Å². The standard InChI is InChI=1S/C8H11N.2BrH.Ni/c1-6-4-3-5-7(2)8(6)9;;;/h3-5H,9H2,1-2H3;2*1H;/q;;;+2/p-2. The van der Waals surface area contributed by atoms with Crippen molar-refractivity contribution in [1.29, 1.82) is 0 Å². The molecule has 1 nitrogen and oxygen atoms in total. The van der Waals surface area contributed by atoms with Gasteiger partial charge in [-0.2, -0.15) is 0 Å². The molecule has 0 aliphatic carbocycles. The van der Waals surface area contributed by atoms with E-state index in [1.807, 2.05) is 32.0 Å². The average molecular weight is 340 g/mol. The second-order valence-electron chi connectivity index (χ2n) is 2.35. The molecular formula is C8H11Br2NNi. The van der Waals surface area contributed by atoms with Crippen LogP contribution in [0, 0.1) is 13.8 Å². The summed E-state index contributed by atoms with van der Waals surface area (Å²) < 4.78 is 0. The van der Waals surface area contributed by atoms with E-state index in [9.17, 15) is 0 Å². The Balaban J connectivity index is 0.000000354. The number of anilines is 1. The normalized spacial score (nSPS) is 9.00. The second kappa shape index (κ2) is 6.93. The van der Waals surface area contributed by atoms with Crippen LogP contribution in [0.25, 0.3) is 0 Å². The van der Waals surface area contributed by atoms with Crippen molar-refractivity contribution in [2.24, 2.45) is 0 Å². The minimum absolute atomic E-state index is 0.914. The van der Waals surface area contributed by atoms with Crippen LogP contribution in [0.15, 0.2) is 18.2 Å². The molecule has 0 aromatic heterocycles. The maximum absolute atomic E-state index is 5.68. The number of nitrogen functional groups attached to an aromatic ring is 1. The molecule has 2 N–H and O–H groups in total. The van der Waals surface area contributed by atoms with Crippen LogP contribution in [0.4, 0.5) is 5.69 Å². The number of hydrogen-bond donors (Lipinski definition) is 1. The number of rotatable bonds is 0. The second-order valence-corrected chi connectivity index (χ2v) is 7.33. The van der Waals surface area contributed by atoms with E-state index >= 15 is 0 Å². The molecule has 72 valence electrons. The number of nitrogens with two attached hydrogens (primary N) is 1. The van der Waals surface area contributed by atoms with Crippen molar-refractivity contribution in [2.45, 2.75) is 13.8 Å². The number of halogens is 2. The van der Waals surface area contributed by atoms with Gasteiger partial charge in [0.05, 0.1) is 0 Å². The molecule has 12 heavy (non-hydrogen) atoms. The van der Waals surface area contributed by atoms with Crippen molar-refractivity contribution in [3.63, 3.8) is 0 Å². The van der Waals surface area contributed by atoms with Crippen LogP contribution in [0.3, 0.4) is 0 Å². The maximum atomic E-state index is 5.68. The van der Waals surface area contributed by atoms with Gasteiger partial charge in [0, 0.05) is 5.69 Å². The molecule has 0 unspecified atom stereocenters. The molecule has 0 radical (unpaired) electrons. The number of hydrogen-bond acceptors (Lipinski definition) is 1. The van der Waals surface area contributed by atoms with Gasteiger partial charge in [-0.1, -0.05) is 18.2 Å². The van der Waals surface area contributed by atoms with Crippen LogP contribution in [0.1, 0.15) is 11.1 Å². The van der Waals surface area contributed by atoms with Crippen LogP contribution in [-0.4, -0.2) is 0 Å². The predicted molar refractivity (Wildman–Crippen MR) is 58.2 cm³/mol. The fourth-order valence-electron chi connectivity index (χ4n) is 0.827. The number of aryl methyl sites for hydroxylation is 2. The fourth-order valence-corrected chi connectivity index (χ4v) is 0.827. The molecule has 4 heteroatoms. The molecule has 0 saturated heterocycles. The third kappa shape index (κ3) is 4.49. The first-order valence-corrected chi connectivity index (χ1v) is 8.15. The van der Waals surface area contributed by atoms with Gasteiger partial charge in [-0.3, -0.25) is 0 Å². The molecule has 0 heterocycles. The van der Waals surface area contributed by atoms with Gasteiger partial charge in [-0.15, -0.1) is 0 Å². The monoisotopic (exact) mass is 337 g/mol. The van der Waals surface area contributed by atoms with Gasteiger partial charge >= 0.3 is 39.3 Å². The Kier molecular flexibility index (Phi) is 7.21. The Morgan fingerprint density at radius 3 is 1.75 bits per heavy atom. The van der Waals surface area contributed by atoms with Gasteiger partial charge in [0.15, 0.2) is 0 Å². The van der Waals surface area contributed by atoms with E-state index < -0.39 is 0 Å². The Morgan fingerprint density at radius 2 is 1.50 bits per heavy atom. The predicted octanol–water partition coefficient (Wildman–Crippen LogP) is 3.57. The molecule has 0 saturated carbocycles. The Labute approximate surface area is 93.5 Å². The van der Waals surface area contributed by atoms with Crippen LogP contribution in [-0.2, 0) is 10.9 Å². The summed E-state index contributed by atoms with van der Waals surface area (Å²) in [6.45, 7) is 4.03.